The molecular formula is C11H15ClFN. The monoisotopic (exact) mass is 215 g/mol. The second kappa shape index (κ2) is 3.87. The van der Waals surface area contributed by atoms with Crippen molar-refractivity contribution in [2.24, 2.45) is 11.1 Å². The van der Waals surface area contributed by atoms with Crippen molar-refractivity contribution in [3.63, 3.8) is 0 Å². The maximum atomic E-state index is 12.8. The molecule has 1 aromatic carbocycles. The standard InChI is InChI=1S/C11H15ClFN/c1-11(2,3)10(14)8-5-4-7(13)6-9(8)12/h4-6,10H,14H2,1-3H3/t10-/m1/s1. The molecule has 2 N–H and O–H groups in total. The third-order valence-electron chi connectivity index (χ3n) is 2.23. The highest BCUT2D eigenvalue weighted by molar-refractivity contribution is 6.31. The van der Waals surface area contributed by atoms with Crippen LogP contribution in [-0.2, 0) is 0 Å². The minimum absolute atomic E-state index is 0.0819. The van der Waals surface area contributed by atoms with Crippen LogP contribution in [0.1, 0.15) is 32.4 Å². The van der Waals surface area contributed by atoms with Gasteiger partial charge in [-0.1, -0.05) is 38.4 Å². The molecule has 0 bridgehead atoms. The quantitative estimate of drug-likeness (QED) is 0.762. The summed E-state index contributed by atoms with van der Waals surface area (Å²) in [6.45, 7) is 6.08. The molecule has 3 heteroatoms. The fourth-order valence-corrected chi connectivity index (χ4v) is 1.51. The molecule has 78 valence electrons. The average Bonchev–Trinajstić information content (AvgIpc) is 2.01. The lowest BCUT2D eigenvalue weighted by Crippen LogP contribution is -2.26. The highest BCUT2D eigenvalue weighted by Crippen LogP contribution is 2.34. The van der Waals surface area contributed by atoms with Gasteiger partial charge in [-0.15, -0.1) is 0 Å². The van der Waals surface area contributed by atoms with Crippen molar-refractivity contribution in [1.82, 2.24) is 0 Å². The smallest absolute Gasteiger partial charge is 0.124 e. The van der Waals surface area contributed by atoms with Crippen LogP contribution in [0.3, 0.4) is 0 Å². The number of halogens is 2. The van der Waals surface area contributed by atoms with E-state index in [-0.39, 0.29) is 17.3 Å². The Bertz CT molecular complexity index is 331. The predicted octanol–water partition coefficient (Wildman–Crippen LogP) is 3.53. The molecule has 0 saturated heterocycles. The summed E-state index contributed by atoms with van der Waals surface area (Å²) in [6.07, 6.45) is 0. The van der Waals surface area contributed by atoms with E-state index in [1.165, 1.54) is 12.1 Å². The highest BCUT2D eigenvalue weighted by atomic mass is 35.5. The third-order valence-corrected chi connectivity index (χ3v) is 2.56. The van der Waals surface area contributed by atoms with Gasteiger partial charge in [0.05, 0.1) is 0 Å². The zero-order valence-electron chi connectivity index (χ0n) is 8.64. The molecule has 1 aromatic rings. The summed E-state index contributed by atoms with van der Waals surface area (Å²) >= 11 is 5.91. The van der Waals surface area contributed by atoms with Gasteiger partial charge < -0.3 is 5.73 Å². The number of rotatable bonds is 1. The van der Waals surface area contributed by atoms with Gasteiger partial charge >= 0.3 is 0 Å². The first kappa shape index (κ1) is 11.5. The normalized spacial score (nSPS) is 14.1. The topological polar surface area (TPSA) is 26.0 Å². The van der Waals surface area contributed by atoms with Crippen molar-refractivity contribution in [3.8, 4) is 0 Å². The van der Waals surface area contributed by atoms with E-state index >= 15 is 0 Å². The van der Waals surface area contributed by atoms with Crippen molar-refractivity contribution in [2.75, 3.05) is 0 Å². The van der Waals surface area contributed by atoms with E-state index in [9.17, 15) is 4.39 Å². The second-order valence-electron chi connectivity index (χ2n) is 4.51. The zero-order chi connectivity index (χ0) is 10.9. The Morgan fingerprint density at radius 2 is 1.93 bits per heavy atom. The molecular weight excluding hydrogens is 201 g/mol. The second-order valence-corrected chi connectivity index (χ2v) is 4.92. The van der Waals surface area contributed by atoms with Gasteiger partial charge in [0.25, 0.3) is 0 Å². The third kappa shape index (κ3) is 2.46. The van der Waals surface area contributed by atoms with Gasteiger partial charge in [0.15, 0.2) is 0 Å². The van der Waals surface area contributed by atoms with E-state index in [2.05, 4.69) is 0 Å². The predicted molar refractivity (Wildman–Crippen MR) is 57.8 cm³/mol. The van der Waals surface area contributed by atoms with Gasteiger partial charge in [0.1, 0.15) is 5.82 Å². The van der Waals surface area contributed by atoms with Crippen LogP contribution in [0, 0.1) is 11.2 Å². The summed E-state index contributed by atoms with van der Waals surface area (Å²) in [5, 5.41) is 0.396. The lowest BCUT2D eigenvalue weighted by molar-refractivity contribution is 0.327. The van der Waals surface area contributed by atoms with Gasteiger partial charge in [0.2, 0.25) is 0 Å². The molecule has 1 rings (SSSR count). The van der Waals surface area contributed by atoms with Gasteiger partial charge in [0, 0.05) is 11.1 Å². The number of hydrogen-bond donors (Lipinski definition) is 1. The molecule has 0 amide bonds. The number of hydrogen-bond acceptors (Lipinski definition) is 1. The van der Waals surface area contributed by atoms with Gasteiger partial charge in [-0.05, 0) is 23.1 Å². The SMILES string of the molecule is CC(C)(C)[C@H](N)c1ccc(F)cc1Cl. The summed E-state index contributed by atoms with van der Waals surface area (Å²) in [4.78, 5) is 0. The first-order chi connectivity index (χ1) is 6.32. The van der Waals surface area contributed by atoms with Crippen LogP contribution in [0.2, 0.25) is 5.02 Å². The molecule has 1 nitrogen and oxygen atoms in total. The molecule has 0 aliphatic heterocycles. The van der Waals surface area contributed by atoms with Crippen LogP contribution in [0.15, 0.2) is 18.2 Å². The van der Waals surface area contributed by atoms with Crippen LogP contribution >= 0.6 is 11.6 Å². The van der Waals surface area contributed by atoms with E-state index in [1.54, 1.807) is 6.07 Å². The highest BCUT2D eigenvalue weighted by Gasteiger charge is 2.24. The van der Waals surface area contributed by atoms with Crippen LogP contribution in [0.5, 0.6) is 0 Å². The van der Waals surface area contributed by atoms with Crippen molar-refractivity contribution in [2.45, 2.75) is 26.8 Å². The van der Waals surface area contributed by atoms with Crippen molar-refractivity contribution >= 4 is 11.6 Å². The van der Waals surface area contributed by atoms with Crippen LogP contribution in [0.4, 0.5) is 4.39 Å². The Balaban J connectivity index is 3.08. The van der Waals surface area contributed by atoms with Gasteiger partial charge in [-0.2, -0.15) is 0 Å². The Labute approximate surface area is 89.1 Å². The number of nitrogens with two attached hydrogens (primary N) is 1. The summed E-state index contributed by atoms with van der Waals surface area (Å²) < 4.78 is 12.8. The molecule has 14 heavy (non-hydrogen) atoms. The molecule has 0 spiro atoms. The average molecular weight is 216 g/mol. The fourth-order valence-electron chi connectivity index (χ4n) is 1.22. The summed E-state index contributed by atoms with van der Waals surface area (Å²) in [6, 6.07) is 4.14. The number of benzene rings is 1. The van der Waals surface area contributed by atoms with Crippen molar-refractivity contribution in [1.29, 1.82) is 0 Å². The maximum absolute atomic E-state index is 12.8. The van der Waals surface area contributed by atoms with E-state index in [0.29, 0.717) is 5.02 Å². The lowest BCUT2D eigenvalue weighted by atomic mass is 9.83. The molecule has 0 unspecified atom stereocenters. The molecule has 1 atom stereocenters. The molecule has 0 aliphatic carbocycles. The molecule has 0 radical (unpaired) electrons. The summed E-state index contributed by atoms with van der Waals surface area (Å²) in [5.74, 6) is -0.333. The van der Waals surface area contributed by atoms with Crippen LogP contribution in [-0.4, -0.2) is 0 Å². The Morgan fingerprint density at radius 1 is 1.36 bits per heavy atom. The van der Waals surface area contributed by atoms with Crippen LogP contribution < -0.4 is 5.73 Å². The van der Waals surface area contributed by atoms with E-state index in [0.717, 1.165) is 5.56 Å². The maximum Gasteiger partial charge on any atom is 0.124 e. The van der Waals surface area contributed by atoms with Crippen LogP contribution in [0.25, 0.3) is 0 Å². The van der Waals surface area contributed by atoms with Crippen molar-refractivity contribution < 1.29 is 4.39 Å². The van der Waals surface area contributed by atoms with E-state index in [1.807, 2.05) is 20.8 Å². The fraction of sp³-hybridized carbons (Fsp3) is 0.455. The lowest BCUT2D eigenvalue weighted by Gasteiger charge is -2.28. The Kier molecular flexibility index (Phi) is 3.17. The van der Waals surface area contributed by atoms with E-state index < -0.39 is 0 Å². The molecule has 0 fully saturated rings. The molecule has 0 saturated carbocycles. The van der Waals surface area contributed by atoms with Gasteiger partial charge in [-0.25, -0.2) is 4.39 Å². The minimum atomic E-state index is -0.333. The first-order valence-electron chi connectivity index (χ1n) is 4.53. The molecule has 0 heterocycles. The molecule has 0 aromatic heterocycles. The van der Waals surface area contributed by atoms with E-state index in [4.69, 9.17) is 17.3 Å². The largest absolute Gasteiger partial charge is 0.323 e. The first-order valence-corrected chi connectivity index (χ1v) is 4.90. The Morgan fingerprint density at radius 3 is 2.36 bits per heavy atom. The summed E-state index contributed by atoms with van der Waals surface area (Å²) in [7, 11) is 0. The van der Waals surface area contributed by atoms with Crippen molar-refractivity contribution in [3.05, 3.63) is 34.6 Å². The minimum Gasteiger partial charge on any atom is -0.323 e. The molecule has 0 aliphatic rings. The zero-order valence-corrected chi connectivity index (χ0v) is 9.40. The summed E-state index contributed by atoms with van der Waals surface area (Å²) in [5.41, 5.74) is 6.73. The van der Waals surface area contributed by atoms with Gasteiger partial charge in [-0.3, -0.25) is 0 Å². The Hall–Kier alpha value is -0.600.